The lowest BCUT2D eigenvalue weighted by Gasteiger charge is -2.14. The van der Waals surface area contributed by atoms with E-state index in [1.165, 1.54) is 24.8 Å². The van der Waals surface area contributed by atoms with Crippen LogP contribution in [-0.4, -0.2) is 10.1 Å². The molecule has 1 aliphatic rings. The Balaban J connectivity index is 2.13. The van der Waals surface area contributed by atoms with E-state index in [1.54, 1.807) is 0 Å². The molecule has 0 saturated heterocycles. The van der Waals surface area contributed by atoms with Crippen molar-refractivity contribution in [1.29, 1.82) is 0 Å². The summed E-state index contributed by atoms with van der Waals surface area (Å²) in [6, 6.07) is 0. The minimum atomic E-state index is 0.345. The number of allylic oxidation sites excluding steroid dienone is 1. The van der Waals surface area contributed by atoms with E-state index in [-0.39, 0.29) is 0 Å². The van der Waals surface area contributed by atoms with Gasteiger partial charge < -0.3 is 4.52 Å². The molecule has 3 heteroatoms. The summed E-state index contributed by atoms with van der Waals surface area (Å²) >= 11 is 0. The fourth-order valence-corrected chi connectivity index (χ4v) is 1.24. The maximum atomic E-state index is 5.09. The molecule has 1 heterocycles. The maximum absolute atomic E-state index is 5.09. The smallest absolute Gasteiger partial charge is 0.250 e. The highest BCUT2D eigenvalue weighted by molar-refractivity contribution is 5.45. The molecule has 1 fully saturated rings. The summed E-state index contributed by atoms with van der Waals surface area (Å²) in [6.07, 6.45) is 5.71. The van der Waals surface area contributed by atoms with E-state index in [0.717, 1.165) is 5.82 Å². The molecule has 2 rings (SSSR count). The molecule has 0 spiro atoms. The highest BCUT2D eigenvalue weighted by atomic mass is 16.5. The molecule has 13 heavy (non-hydrogen) atoms. The zero-order chi connectivity index (χ0) is 9.26. The van der Waals surface area contributed by atoms with Gasteiger partial charge in [-0.3, -0.25) is 0 Å². The van der Waals surface area contributed by atoms with Gasteiger partial charge in [0.05, 0.1) is 0 Å². The van der Waals surface area contributed by atoms with E-state index in [0.29, 0.717) is 11.8 Å². The van der Waals surface area contributed by atoms with Gasteiger partial charge in [0.25, 0.3) is 5.89 Å². The van der Waals surface area contributed by atoms with Crippen LogP contribution >= 0.6 is 0 Å². The third-order valence-corrected chi connectivity index (χ3v) is 2.30. The second kappa shape index (κ2) is 3.32. The summed E-state index contributed by atoms with van der Waals surface area (Å²) in [5, 5.41) is 3.90. The minimum absolute atomic E-state index is 0.345. The van der Waals surface area contributed by atoms with Gasteiger partial charge in [-0.1, -0.05) is 24.6 Å². The van der Waals surface area contributed by atoms with Gasteiger partial charge in [0.15, 0.2) is 5.82 Å². The van der Waals surface area contributed by atoms with E-state index in [4.69, 9.17) is 4.52 Å². The first kappa shape index (κ1) is 8.48. The quantitative estimate of drug-likeness (QED) is 0.699. The minimum Gasteiger partial charge on any atom is -0.335 e. The van der Waals surface area contributed by atoms with Crippen LogP contribution in [0.5, 0.6) is 0 Å². The lowest BCUT2D eigenvalue weighted by molar-refractivity contribution is 0.399. The van der Waals surface area contributed by atoms with Crippen molar-refractivity contribution in [1.82, 2.24) is 10.1 Å². The number of hydrogen-bond acceptors (Lipinski definition) is 3. The summed E-state index contributed by atoms with van der Waals surface area (Å²) in [7, 11) is 0. The highest BCUT2D eigenvalue weighted by Crippen LogP contribution is 2.27. The lowest BCUT2D eigenvalue weighted by Crippen LogP contribution is -1.96. The van der Waals surface area contributed by atoms with Gasteiger partial charge in [-0.05, 0) is 19.3 Å². The van der Waals surface area contributed by atoms with Crippen molar-refractivity contribution < 1.29 is 4.52 Å². The first-order chi connectivity index (χ1) is 6.25. The van der Waals surface area contributed by atoms with Crippen LogP contribution in [0.1, 0.15) is 50.7 Å². The van der Waals surface area contributed by atoms with Gasteiger partial charge in [-0.2, -0.15) is 4.98 Å². The zero-order valence-corrected chi connectivity index (χ0v) is 8.08. The maximum Gasteiger partial charge on any atom is 0.250 e. The monoisotopic (exact) mass is 178 g/mol. The molecule has 0 N–H and O–H groups in total. The molecule has 1 aromatic heterocycles. The van der Waals surface area contributed by atoms with Crippen LogP contribution in [-0.2, 0) is 0 Å². The molecule has 0 amide bonds. The van der Waals surface area contributed by atoms with Crippen molar-refractivity contribution in [3.05, 3.63) is 17.3 Å². The first-order valence-electron chi connectivity index (χ1n) is 4.79. The van der Waals surface area contributed by atoms with Gasteiger partial charge >= 0.3 is 0 Å². The molecule has 0 aromatic carbocycles. The number of hydrogen-bond donors (Lipinski definition) is 0. The SMILES string of the molecule is CC(C)c1noc(C=C2CCC2)n1. The molecule has 0 radical (unpaired) electrons. The summed E-state index contributed by atoms with van der Waals surface area (Å²) < 4.78 is 5.09. The molecule has 70 valence electrons. The fourth-order valence-electron chi connectivity index (χ4n) is 1.24. The van der Waals surface area contributed by atoms with Crippen LogP contribution in [0, 0.1) is 0 Å². The molecule has 1 saturated carbocycles. The van der Waals surface area contributed by atoms with E-state index >= 15 is 0 Å². The van der Waals surface area contributed by atoms with Crippen molar-refractivity contribution in [3.63, 3.8) is 0 Å². The predicted molar refractivity (Wildman–Crippen MR) is 50.2 cm³/mol. The van der Waals surface area contributed by atoms with Gasteiger partial charge in [-0.25, -0.2) is 0 Å². The van der Waals surface area contributed by atoms with Crippen molar-refractivity contribution in [2.24, 2.45) is 0 Å². The Morgan fingerprint density at radius 3 is 2.62 bits per heavy atom. The van der Waals surface area contributed by atoms with E-state index in [1.807, 2.05) is 6.08 Å². The van der Waals surface area contributed by atoms with Crippen LogP contribution in [0.2, 0.25) is 0 Å². The first-order valence-corrected chi connectivity index (χ1v) is 4.79. The standard InChI is InChI=1S/C10H14N2O/c1-7(2)10-11-9(13-12-10)6-8-4-3-5-8/h6-7H,3-5H2,1-2H3. The molecule has 0 aliphatic heterocycles. The largest absolute Gasteiger partial charge is 0.335 e. The fraction of sp³-hybridized carbons (Fsp3) is 0.600. The van der Waals surface area contributed by atoms with Crippen LogP contribution < -0.4 is 0 Å². The molecule has 0 unspecified atom stereocenters. The average molecular weight is 178 g/mol. The Labute approximate surface area is 77.8 Å². The Kier molecular flexibility index (Phi) is 2.17. The normalized spacial score (nSPS) is 16.1. The summed E-state index contributed by atoms with van der Waals surface area (Å²) in [6.45, 7) is 4.12. The Bertz CT molecular complexity index is 319. The third kappa shape index (κ3) is 1.79. The Morgan fingerprint density at radius 2 is 2.15 bits per heavy atom. The van der Waals surface area contributed by atoms with E-state index in [9.17, 15) is 0 Å². The third-order valence-electron chi connectivity index (χ3n) is 2.30. The lowest BCUT2D eigenvalue weighted by atomic mass is 9.92. The van der Waals surface area contributed by atoms with Crippen molar-refractivity contribution in [2.75, 3.05) is 0 Å². The summed E-state index contributed by atoms with van der Waals surface area (Å²) in [4.78, 5) is 4.28. The van der Waals surface area contributed by atoms with Crippen LogP contribution in [0.4, 0.5) is 0 Å². The molecule has 3 nitrogen and oxygen atoms in total. The molecule has 1 aromatic rings. The summed E-state index contributed by atoms with van der Waals surface area (Å²) in [5.41, 5.74) is 1.43. The van der Waals surface area contributed by atoms with E-state index in [2.05, 4.69) is 24.0 Å². The average Bonchev–Trinajstić information content (AvgIpc) is 2.44. The number of nitrogens with zero attached hydrogens (tertiary/aromatic N) is 2. The Hall–Kier alpha value is -1.12. The molecular weight excluding hydrogens is 164 g/mol. The van der Waals surface area contributed by atoms with Gasteiger partial charge in [0.2, 0.25) is 0 Å². The van der Waals surface area contributed by atoms with Gasteiger partial charge in [0.1, 0.15) is 0 Å². The predicted octanol–water partition coefficient (Wildman–Crippen LogP) is 2.76. The van der Waals surface area contributed by atoms with Crippen molar-refractivity contribution in [2.45, 2.75) is 39.0 Å². The number of aromatic nitrogens is 2. The van der Waals surface area contributed by atoms with Gasteiger partial charge in [-0.15, -0.1) is 0 Å². The molecule has 0 bridgehead atoms. The van der Waals surface area contributed by atoms with Gasteiger partial charge in [0, 0.05) is 12.0 Å². The van der Waals surface area contributed by atoms with Crippen LogP contribution in [0.3, 0.4) is 0 Å². The molecular formula is C10H14N2O. The van der Waals surface area contributed by atoms with Crippen molar-refractivity contribution in [3.8, 4) is 0 Å². The number of rotatable bonds is 2. The summed E-state index contributed by atoms with van der Waals surface area (Å²) in [5.74, 6) is 1.81. The second-order valence-electron chi connectivity index (χ2n) is 3.80. The topological polar surface area (TPSA) is 38.9 Å². The van der Waals surface area contributed by atoms with E-state index < -0.39 is 0 Å². The van der Waals surface area contributed by atoms with Crippen molar-refractivity contribution >= 4 is 6.08 Å². The molecule has 0 atom stereocenters. The molecule has 1 aliphatic carbocycles. The zero-order valence-electron chi connectivity index (χ0n) is 8.08. The Morgan fingerprint density at radius 1 is 1.38 bits per heavy atom. The van der Waals surface area contributed by atoms with Crippen LogP contribution in [0.15, 0.2) is 10.1 Å². The highest BCUT2D eigenvalue weighted by Gasteiger charge is 2.12. The second-order valence-corrected chi connectivity index (χ2v) is 3.80. The van der Waals surface area contributed by atoms with Crippen LogP contribution in [0.25, 0.3) is 6.08 Å².